The number of rotatable bonds is 5. The van der Waals surface area contributed by atoms with Gasteiger partial charge in [0.15, 0.2) is 17.3 Å². The number of carbonyl (C=O) groups excluding carboxylic acids is 1. The minimum absolute atomic E-state index is 0.242. The number of nitrogens with zero attached hydrogens (tertiary/aromatic N) is 1. The van der Waals surface area contributed by atoms with Crippen LogP contribution < -0.4 is 14.9 Å². The summed E-state index contributed by atoms with van der Waals surface area (Å²) in [6.45, 7) is 2.03. The van der Waals surface area contributed by atoms with Crippen LogP contribution in [0.4, 0.5) is 0 Å². The number of aryl methyl sites for hydroxylation is 1. The quantitative estimate of drug-likeness (QED) is 0.702. The maximum Gasteiger partial charge on any atom is 0.308 e. The predicted molar refractivity (Wildman–Crippen MR) is 109 cm³/mol. The molecule has 6 nitrogen and oxygen atoms in total. The van der Waals surface area contributed by atoms with Crippen molar-refractivity contribution in [3.05, 3.63) is 89.4 Å². The molecule has 4 rings (SSSR count). The van der Waals surface area contributed by atoms with E-state index >= 15 is 0 Å². The molecule has 6 heteroatoms. The summed E-state index contributed by atoms with van der Waals surface area (Å²) >= 11 is 0. The van der Waals surface area contributed by atoms with Crippen molar-refractivity contribution in [3.63, 3.8) is 0 Å². The summed E-state index contributed by atoms with van der Waals surface area (Å²) in [5.41, 5.74) is 7.06. The van der Waals surface area contributed by atoms with Crippen LogP contribution in [0.3, 0.4) is 0 Å². The first-order chi connectivity index (χ1) is 14.1. The second-order valence-corrected chi connectivity index (χ2v) is 6.77. The summed E-state index contributed by atoms with van der Waals surface area (Å²) in [6.07, 6.45) is 3.52. The van der Waals surface area contributed by atoms with Gasteiger partial charge < -0.3 is 13.9 Å². The molecule has 148 valence electrons. The Morgan fingerprint density at radius 1 is 1.03 bits per heavy atom. The Balaban J connectivity index is 1.74. The fourth-order valence-corrected chi connectivity index (χ4v) is 3.43. The number of hydrazine groups is 1. The molecule has 1 aromatic heterocycles. The van der Waals surface area contributed by atoms with Crippen molar-refractivity contribution in [1.29, 1.82) is 0 Å². The van der Waals surface area contributed by atoms with Gasteiger partial charge in [-0.15, -0.1) is 0 Å². The Morgan fingerprint density at radius 3 is 2.55 bits per heavy atom. The van der Waals surface area contributed by atoms with E-state index < -0.39 is 0 Å². The van der Waals surface area contributed by atoms with E-state index in [1.54, 1.807) is 31.4 Å². The molecule has 0 saturated heterocycles. The lowest BCUT2D eigenvalue weighted by atomic mass is 10.0. The van der Waals surface area contributed by atoms with Crippen LogP contribution in [-0.4, -0.2) is 25.1 Å². The predicted octanol–water partition coefficient (Wildman–Crippen LogP) is 4.35. The van der Waals surface area contributed by atoms with Gasteiger partial charge in [-0.25, -0.2) is 5.01 Å². The first-order valence-corrected chi connectivity index (χ1v) is 9.25. The number of methoxy groups -OCH3 is 2. The number of carbonyl (C=O) groups is 1. The summed E-state index contributed by atoms with van der Waals surface area (Å²) in [4.78, 5) is 13.1. The molecule has 1 N–H and O–H groups in total. The summed E-state index contributed by atoms with van der Waals surface area (Å²) in [6, 6.07) is 16.8. The van der Waals surface area contributed by atoms with E-state index in [0.717, 1.165) is 22.4 Å². The van der Waals surface area contributed by atoms with Crippen LogP contribution in [0.15, 0.2) is 71.4 Å². The Bertz CT molecular complexity index is 1060. The van der Waals surface area contributed by atoms with Gasteiger partial charge in [0, 0.05) is 5.56 Å². The van der Waals surface area contributed by atoms with Crippen LogP contribution in [-0.2, 0) is 0 Å². The molecule has 1 amide bonds. The molecule has 3 aromatic rings. The van der Waals surface area contributed by atoms with Crippen LogP contribution in [0.25, 0.3) is 5.70 Å². The van der Waals surface area contributed by atoms with E-state index in [1.807, 2.05) is 49.4 Å². The zero-order valence-electron chi connectivity index (χ0n) is 16.5. The molecule has 0 fully saturated rings. The summed E-state index contributed by atoms with van der Waals surface area (Å²) in [7, 11) is 3.20. The zero-order valence-corrected chi connectivity index (χ0v) is 16.5. The van der Waals surface area contributed by atoms with Gasteiger partial charge in [0.2, 0.25) is 0 Å². The first-order valence-electron chi connectivity index (χ1n) is 9.25. The molecule has 0 saturated carbocycles. The van der Waals surface area contributed by atoms with Crippen LogP contribution >= 0.6 is 0 Å². The number of nitrogens with one attached hydrogen (secondary N) is 1. The van der Waals surface area contributed by atoms with Gasteiger partial charge in [0.05, 0.1) is 32.2 Å². The van der Waals surface area contributed by atoms with Gasteiger partial charge in [-0.3, -0.25) is 10.2 Å². The molecular weight excluding hydrogens is 368 g/mol. The Morgan fingerprint density at radius 2 is 1.86 bits per heavy atom. The average Bonchev–Trinajstić information content (AvgIpc) is 3.43. The summed E-state index contributed by atoms with van der Waals surface area (Å²) in [5.74, 6) is 1.30. The van der Waals surface area contributed by atoms with Gasteiger partial charge >= 0.3 is 5.91 Å². The first kappa shape index (κ1) is 18.7. The molecular formula is C23H22N2O4. The second-order valence-electron chi connectivity index (χ2n) is 6.77. The van der Waals surface area contributed by atoms with Crippen molar-refractivity contribution >= 4 is 11.6 Å². The smallest absolute Gasteiger partial charge is 0.308 e. The highest BCUT2D eigenvalue weighted by Crippen LogP contribution is 2.36. The topological polar surface area (TPSA) is 63.9 Å². The van der Waals surface area contributed by atoms with E-state index in [2.05, 4.69) is 11.5 Å². The van der Waals surface area contributed by atoms with Crippen molar-refractivity contribution in [1.82, 2.24) is 10.4 Å². The summed E-state index contributed by atoms with van der Waals surface area (Å²) < 4.78 is 16.1. The van der Waals surface area contributed by atoms with Gasteiger partial charge in [-0.1, -0.05) is 29.8 Å². The minimum Gasteiger partial charge on any atom is -0.493 e. The fourth-order valence-electron chi connectivity index (χ4n) is 3.43. The molecule has 1 atom stereocenters. The van der Waals surface area contributed by atoms with Gasteiger partial charge in [0.25, 0.3) is 0 Å². The Hall–Kier alpha value is -3.67. The third-order valence-electron chi connectivity index (χ3n) is 4.87. The second kappa shape index (κ2) is 7.75. The number of benzene rings is 2. The van der Waals surface area contributed by atoms with Crippen molar-refractivity contribution in [2.24, 2.45) is 0 Å². The average molecular weight is 390 g/mol. The van der Waals surface area contributed by atoms with Gasteiger partial charge in [-0.05, 0) is 48.9 Å². The fraction of sp³-hybridized carbons (Fsp3) is 0.174. The highest BCUT2D eigenvalue weighted by Gasteiger charge is 2.33. The Kier molecular flexibility index (Phi) is 4.99. The number of hydrogen-bond donors (Lipinski definition) is 1. The molecule has 0 unspecified atom stereocenters. The maximum atomic E-state index is 13.1. The third kappa shape index (κ3) is 3.57. The van der Waals surface area contributed by atoms with Crippen LogP contribution in [0.5, 0.6) is 11.5 Å². The molecule has 0 aliphatic carbocycles. The highest BCUT2D eigenvalue weighted by molar-refractivity contribution is 5.93. The van der Waals surface area contributed by atoms with E-state index in [9.17, 15) is 4.79 Å². The molecule has 0 radical (unpaired) electrons. The number of furan rings is 1. The molecule has 1 aliphatic heterocycles. The van der Waals surface area contributed by atoms with E-state index in [1.165, 1.54) is 6.26 Å². The van der Waals surface area contributed by atoms with Crippen LogP contribution in [0, 0.1) is 6.92 Å². The lowest BCUT2D eigenvalue weighted by Crippen LogP contribution is -2.39. The monoisotopic (exact) mass is 390 g/mol. The molecule has 2 aromatic carbocycles. The highest BCUT2D eigenvalue weighted by atomic mass is 16.5. The molecule has 0 spiro atoms. The molecule has 1 aliphatic rings. The molecule has 0 bridgehead atoms. The van der Waals surface area contributed by atoms with E-state index in [-0.39, 0.29) is 17.7 Å². The number of ether oxygens (including phenoxy) is 2. The Labute approximate surface area is 169 Å². The lowest BCUT2D eigenvalue weighted by molar-refractivity contribution is 0.0639. The third-order valence-corrected chi connectivity index (χ3v) is 4.87. The van der Waals surface area contributed by atoms with Crippen molar-refractivity contribution in [2.75, 3.05) is 14.2 Å². The van der Waals surface area contributed by atoms with Crippen LogP contribution in [0.1, 0.15) is 33.3 Å². The number of amides is 1. The van der Waals surface area contributed by atoms with Crippen LogP contribution in [0.2, 0.25) is 0 Å². The van der Waals surface area contributed by atoms with Crippen molar-refractivity contribution in [2.45, 2.75) is 13.0 Å². The minimum atomic E-state index is -0.282. The van der Waals surface area contributed by atoms with E-state index in [0.29, 0.717) is 11.5 Å². The SMILES string of the molecule is COc1ccc(C2=C[C@H](c3cccc(C)c3)N(C(=O)c3ccco3)N2)cc1OC. The lowest BCUT2D eigenvalue weighted by Gasteiger charge is -2.25. The van der Waals surface area contributed by atoms with E-state index in [4.69, 9.17) is 13.9 Å². The maximum absolute atomic E-state index is 13.1. The van der Waals surface area contributed by atoms with Gasteiger partial charge in [0.1, 0.15) is 0 Å². The molecule has 29 heavy (non-hydrogen) atoms. The molecule has 2 heterocycles. The normalized spacial score (nSPS) is 15.6. The van der Waals surface area contributed by atoms with Crippen molar-refractivity contribution in [3.8, 4) is 11.5 Å². The summed E-state index contributed by atoms with van der Waals surface area (Å²) in [5, 5.41) is 1.58. The largest absolute Gasteiger partial charge is 0.493 e. The zero-order chi connectivity index (χ0) is 20.4. The van der Waals surface area contributed by atoms with Gasteiger partial charge in [-0.2, -0.15) is 0 Å². The van der Waals surface area contributed by atoms with Crippen molar-refractivity contribution < 1.29 is 18.7 Å². The number of hydrogen-bond acceptors (Lipinski definition) is 5. The standard InChI is InChI=1S/C23H22N2O4/c1-15-6-4-7-17(12-15)19-14-18(16-9-10-20(27-2)22(13-16)28-3)24-25(19)23(26)21-8-5-11-29-21/h4-14,19,24H,1-3H3/t19-/m1/s1.